The largest absolute Gasteiger partial charge is 0.497 e. The number of carbonyl (C=O) groups is 1. The second-order valence-electron chi connectivity index (χ2n) is 15.9. The van der Waals surface area contributed by atoms with E-state index in [9.17, 15) is 4.79 Å². The number of hydrogen-bond acceptors (Lipinski definition) is 10. The van der Waals surface area contributed by atoms with Gasteiger partial charge in [0.05, 0.1) is 31.2 Å². The number of guanidine groups is 1. The Morgan fingerprint density at radius 1 is 0.810 bits per heavy atom. The van der Waals surface area contributed by atoms with E-state index in [2.05, 4.69) is 15.0 Å². The van der Waals surface area contributed by atoms with Crippen molar-refractivity contribution in [1.82, 2.24) is 34.7 Å². The van der Waals surface area contributed by atoms with E-state index in [1.165, 1.54) is 4.80 Å². The summed E-state index contributed by atoms with van der Waals surface area (Å²) in [6.07, 6.45) is 1.40. The number of piperidine rings is 1. The van der Waals surface area contributed by atoms with Crippen molar-refractivity contribution in [3.63, 3.8) is 0 Å². The van der Waals surface area contributed by atoms with E-state index < -0.39 is 10.0 Å². The molecule has 3 heterocycles. The number of carbonyl (C=O) groups excluding carboxylic acids is 1. The molecule has 0 bridgehead atoms. The Morgan fingerprint density at radius 3 is 2.10 bits per heavy atom. The predicted octanol–water partition coefficient (Wildman–Crippen LogP) is 6.44. The predicted molar refractivity (Wildman–Crippen MR) is 239 cm³/mol. The van der Waals surface area contributed by atoms with E-state index in [1.54, 1.807) is 31.3 Å². The molecule has 0 saturated carbocycles. The van der Waals surface area contributed by atoms with Gasteiger partial charge in [-0.25, -0.2) is 17.9 Å². The zero-order valence-corrected chi connectivity index (χ0v) is 36.1. The van der Waals surface area contributed by atoms with Crippen LogP contribution in [0.5, 0.6) is 11.5 Å². The molecule has 0 spiro atoms. The maximum absolute atomic E-state index is 15.0. The first-order valence-corrected chi connectivity index (χ1v) is 22.4. The highest BCUT2D eigenvalue weighted by Crippen LogP contribution is 2.40. The molecule has 0 atom stereocenters. The summed E-state index contributed by atoms with van der Waals surface area (Å²) in [4.78, 5) is 18.1. The van der Waals surface area contributed by atoms with Gasteiger partial charge in [0.2, 0.25) is 15.8 Å². The van der Waals surface area contributed by atoms with Crippen LogP contribution in [-0.2, 0) is 40.9 Å². The van der Waals surface area contributed by atoms with Crippen LogP contribution in [0.4, 0.5) is 4.79 Å². The van der Waals surface area contributed by atoms with Crippen molar-refractivity contribution in [2.75, 3.05) is 40.4 Å². The summed E-state index contributed by atoms with van der Waals surface area (Å²) >= 11 is 0. The van der Waals surface area contributed by atoms with Crippen LogP contribution >= 0.6 is 0 Å². The monoisotopic (exact) mass is 869 g/mol. The number of benzene rings is 5. The number of sulfonamides is 1. The minimum Gasteiger partial charge on any atom is -0.497 e. The first-order chi connectivity index (χ1) is 30.6. The molecular formula is C47H51N9O6S. The van der Waals surface area contributed by atoms with Gasteiger partial charge < -0.3 is 29.7 Å². The molecule has 4 N–H and O–H groups in total. The summed E-state index contributed by atoms with van der Waals surface area (Å²) in [6, 6.07) is 36.3. The summed E-state index contributed by atoms with van der Waals surface area (Å²) in [6.45, 7) is 2.81. The molecule has 5 aromatic carbocycles. The third-order valence-electron chi connectivity index (χ3n) is 11.8. The van der Waals surface area contributed by atoms with Crippen molar-refractivity contribution in [2.45, 2.75) is 49.8 Å². The van der Waals surface area contributed by atoms with Crippen LogP contribution in [0.3, 0.4) is 0 Å². The SMILES string of the molecule is COc1ccc(CNS(=O)(=O)c2c(CC3CCN(C(=O)OCc4ccccc4)CC3)ccc(-c3ccc(C4CN(C(=N)N)C4)cc3)c2-c2nnn(Cc3ccc(OC)cc3)n2)cc1. The first kappa shape index (κ1) is 42.9. The first-order valence-electron chi connectivity index (χ1n) is 20.9. The Hall–Kier alpha value is -6.78. The Labute approximate surface area is 367 Å². The molecule has 2 aliphatic heterocycles. The highest BCUT2D eigenvalue weighted by Gasteiger charge is 2.33. The molecule has 326 valence electrons. The molecule has 0 unspecified atom stereocenters. The average Bonchev–Trinajstić information content (AvgIpc) is 3.76. The number of amides is 1. The maximum Gasteiger partial charge on any atom is 0.410 e. The number of tetrazole rings is 1. The van der Waals surface area contributed by atoms with E-state index >= 15 is 8.42 Å². The van der Waals surface area contributed by atoms with Crippen LogP contribution in [0.25, 0.3) is 22.5 Å². The Kier molecular flexibility index (Phi) is 13.0. The molecule has 6 aromatic rings. The molecule has 2 fully saturated rings. The number of nitrogens with one attached hydrogen (secondary N) is 2. The van der Waals surface area contributed by atoms with Gasteiger partial charge in [-0.3, -0.25) is 5.41 Å². The summed E-state index contributed by atoms with van der Waals surface area (Å²) in [5, 5.41) is 21.5. The van der Waals surface area contributed by atoms with E-state index in [0.717, 1.165) is 33.6 Å². The van der Waals surface area contributed by atoms with Gasteiger partial charge in [-0.1, -0.05) is 91.0 Å². The van der Waals surface area contributed by atoms with E-state index in [4.69, 9.17) is 30.5 Å². The van der Waals surface area contributed by atoms with Crippen molar-refractivity contribution in [1.29, 1.82) is 5.41 Å². The molecule has 15 nitrogen and oxygen atoms in total. The lowest BCUT2D eigenvalue weighted by Gasteiger charge is -2.39. The summed E-state index contributed by atoms with van der Waals surface area (Å²) in [5.74, 6) is 1.91. The number of rotatable bonds is 15. The number of aromatic nitrogens is 4. The van der Waals surface area contributed by atoms with E-state index in [0.29, 0.717) is 74.4 Å². The van der Waals surface area contributed by atoms with Gasteiger partial charge in [0, 0.05) is 38.6 Å². The minimum absolute atomic E-state index is 0.0316. The highest BCUT2D eigenvalue weighted by atomic mass is 32.2. The topological polar surface area (TPSA) is 191 Å². The standard InChI is InChI=1S/C47H51N9O6S/c1-60-40-17-8-33(9-18-40)27-50-63(58,59)44-38(26-32-22-24-54(25-23-32)47(57)62-31-35-6-4-3-5-7-35)16-21-42(37-14-12-36(13-15-37)39-29-55(30-39)46(48)49)43(44)45-51-53-56(52-45)28-34-10-19-41(61-2)20-11-34/h3-21,32,39,50H,22-31H2,1-2H3,(H3,48,49). The van der Waals surface area contributed by atoms with Crippen molar-refractivity contribution >= 4 is 22.1 Å². The van der Waals surface area contributed by atoms with Crippen LogP contribution in [-0.4, -0.2) is 90.9 Å². The third-order valence-corrected chi connectivity index (χ3v) is 13.3. The van der Waals surface area contributed by atoms with Gasteiger partial charge in [-0.05, 0) is 93.6 Å². The minimum atomic E-state index is -4.25. The Morgan fingerprint density at radius 2 is 1.46 bits per heavy atom. The van der Waals surface area contributed by atoms with Gasteiger partial charge in [-0.2, -0.15) is 4.80 Å². The third kappa shape index (κ3) is 10.1. The molecule has 63 heavy (non-hydrogen) atoms. The second-order valence-corrected chi connectivity index (χ2v) is 17.6. The lowest BCUT2D eigenvalue weighted by Crippen LogP contribution is -2.51. The molecule has 0 radical (unpaired) electrons. The zero-order chi connectivity index (χ0) is 43.9. The fourth-order valence-corrected chi connectivity index (χ4v) is 9.58. The lowest BCUT2D eigenvalue weighted by atomic mass is 9.87. The van der Waals surface area contributed by atoms with Gasteiger partial charge >= 0.3 is 6.09 Å². The van der Waals surface area contributed by atoms with Crippen molar-refractivity contribution in [3.8, 4) is 34.0 Å². The fourth-order valence-electron chi connectivity index (χ4n) is 8.12. The smallest absolute Gasteiger partial charge is 0.410 e. The van der Waals surface area contributed by atoms with Crippen LogP contribution in [0.15, 0.2) is 120 Å². The van der Waals surface area contributed by atoms with Crippen molar-refractivity contribution < 1.29 is 27.4 Å². The molecule has 1 amide bonds. The normalized spacial score (nSPS) is 14.6. The summed E-state index contributed by atoms with van der Waals surface area (Å²) in [7, 11) is -1.05. The molecule has 2 aliphatic rings. The summed E-state index contributed by atoms with van der Waals surface area (Å²) in [5.41, 5.74) is 11.8. The molecule has 0 aliphatic carbocycles. The second kappa shape index (κ2) is 19.1. The van der Waals surface area contributed by atoms with Crippen LogP contribution < -0.4 is 19.9 Å². The Bertz CT molecular complexity index is 2630. The molecule has 16 heteroatoms. The van der Waals surface area contributed by atoms with Gasteiger partial charge in [0.1, 0.15) is 18.1 Å². The van der Waals surface area contributed by atoms with Gasteiger partial charge in [-0.15, -0.1) is 10.2 Å². The quantitative estimate of drug-likeness (QED) is 0.0761. The van der Waals surface area contributed by atoms with Crippen molar-refractivity contribution in [3.05, 3.63) is 143 Å². The maximum atomic E-state index is 15.0. The van der Waals surface area contributed by atoms with Crippen LogP contribution in [0.1, 0.15) is 46.6 Å². The van der Waals surface area contributed by atoms with E-state index in [1.807, 2.05) is 108 Å². The number of methoxy groups -OCH3 is 2. The molecule has 8 rings (SSSR count). The van der Waals surface area contributed by atoms with Gasteiger partial charge in [0.15, 0.2) is 5.96 Å². The van der Waals surface area contributed by atoms with Gasteiger partial charge in [0.25, 0.3) is 0 Å². The number of nitrogens with two attached hydrogens (primary N) is 1. The highest BCUT2D eigenvalue weighted by molar-refractivity contribution is 7.89. The fraction of sp³-hybridized carbons (Fsp3) is 0.298. The number of nitrogens with zero attached hydrogens (tertiary/aromatic N) is 6. The van der Waals surface area contributed by atoms with E-state index in [-0.39, 0.29) is 47.8 Å². The van der Waals surface area contributed by atoms with Crippen LogP contribution in [0.2, 0.25) is 0 Å². The number of hydrogen-bond donors (Lipinski definition) is 3. The number of likely N-dealkylation sites (tertiary alicyclic amines) is 2. The number of ether oxygens (including phenoxy) is 3. The van der Waals surface area contributed by atoms with Crippen molar-refractivity contribution in [2.24, 2.45) is 11.7 Å². The molecular weight excluding hydrogens is 819 g/mol. The van der Waals surface area contributed by atoms with Crippen LogP contribution in [0, 0.1) is 11.3 Å². The summed E-state index contributed by atoms with van der Waals surface area (Å²) < 4.78 is 49.2. The lowest BCUT2D eigenvalue weighted by molar-refractivity contribution is 0.0823. The molecule has 1 aromatic heterocycles. The molecule has 2 saturated heterocycles. The zero-order valence-electron chi connectivity index (χ0n) is 35.3. The average molecular weight is 870 g/mol. The Balaban J connectivity index is 1.14.